The Kier molecular flexibility index (Phi) is 2.90. The van der Waals surface area contributed by atoms with Crippen LogP contribution in [-0.4, -0.2) is 27.5 Å². The maximum absolute atomic E-state index is 10.7. The van der Waals surface area contributed by atoms with Gasteiger partial charge in [0.25, 0.3) is 0 Å². The zero-order chi connectivity index (χ0) is 9.84. The summed E-state index contributed by atoms with van der Waals surface area (Å²) in [5, 5.41) is 0. The predicted molar refractivity (Wildman–Crippen MR) is 52.7 cm³/mol. The van der Waals surface area contributed by atoms with Crippen molar-refractivity contribution in [1.29, 1.82) is 0 Å². The number of carbonyl (C=O) groups excluding carboxylic acids is 1. The van der Waals surface area contributed by atoms with Crippen LogP contribution in [0.3, 0.4) is 0 Å². The third-order valence-electron chi connectivity index (χ3n) is 1.84. The highest BCUT2D eigenvalue weighted by atomic mass is 16.5. The lowest BCUT2D eigenvalue weighted by atomic mass is 10.2. The molecule has 0 heterocycles. The molecule has 0 amide bonds. The highest BCUT2D eigenvalue weighted by Crippen LogP contribution is 2.22. The number of hydrogen-bond donors (Lipinski definition) is 0. The minimum absolute atomic E-state index is 0.643. The molecule has 13 heavy (non-hydrogen) atoms. The van der Waals surface area contributed by atoms with Crippen LogP contribution in [0.2, 0.25) is 0 Å². The zero-order valence-corrected chi connectivity index (χ0v) is 8.07. The first kappa shape index (κ1) is 9.58. The van der Waals surface area contributed by atoms with Gasteiger partial charge in [-0.1, -0.05) is 0 Å². The Morgan fingerprint density at radius 2 is 2.08 bits per heavy atom. The highest BCUT2D eigenvalue weighted by molar-refractivity contribution is 5.85. The number of ether oxygens (including phenoxy) is 1. The van der Waals surface area contributed by atoms with Crippen molar-refractivity contribution in [3.63, 3.8) is 0 Å². The molecule has 0 fully saturated rings. The van der Waals surface area contributed by atoms with E-state index in [1.165, 1.54) is 0 Å². The van der Waals surface area contributed by atoms with E-state index in [9.17, 15) is 4.79 Å². The van der Waals surface area contributed by atoms with Crippen LogP contribution >= 0.6 is 0 Å². The summed E-state index contributed by atoms with van der Waals surface area (Å²) in [5.41, 5.74) is 1.54. The molecular formula is C10H13NO2. The summed E-state index contributed by atoms with van der Waals surface area (Å²) < 4.78 is 5.01. The lowest BCUT2D eigenvalue weighted by Crippen LogP contribution is -2.11. The van der Waals surface area contributed by atoms with Gasteiger partial charge in [0.2, 0.25) is 0 Å². The summed E-state index contributed by atoms with van der Waals surface area (Å²) >= 11 is 0. The van der Waals surface area contributed by atoms with Gasteiger partial charge in [0, 0.05) is 25.3 Å². The van der Waals surface area contributed by atoms with Crippen molar-refractivity contribution in [1.82, 2.24) is 0 Å². The Hall–Kier alpha value is -1.51. The van der Waals surface area contributed by atoms with Crippen LogP contribution in [0.25, 0.3) is 0 Å². The van der Waals surface area contributed by atoms with Crippen molar-refractivity contribution in [2.24, 2.45) is 0 Å². The third kappa shape index (κ3) is 1.99. The summed E-state index contributed by atoms with van der Waals surface area (Å²) in [6.07, 6.45) is 0.831. The molecule has 0 spiro atoms. The van der Waals surface area contributed by atoms with Gasteiger partial charge < -0.3 is 9.64 Å². The molecule has 70 valence electrons. The molecular weight excluding hydrogens is 166 g/mol. The van der Waals surface area contributed by atoms with Crippen molar-refractivity contribution in [3.05, 3.63) is 23.8 Å². The molecule has 0 aliphatic heterocycles. The Balaban J connectivity index is 3.15. The molecule has 0 aromatic heterocycles. The van der Waals surface area contributed by atoms with Gasteiger partial charge in [0.1, 0.15) is 5.75 Å². The van der Waals surface area contributed by atoms with Crippen LogP contribution in [-0.2, 0) is 0 Å². The third-order valence-corrected chi connectivity index (χ3v) is 1.84. The molecule has 0 N–H and O–H groups in total. The molecule has 0 radical (unpaired) electrons. The molecule has 0 saturated carbocycles. The Morgan fingerprint density at radius 3 is 2.54 bits per heavy atom. The van der Waals surface area contributed by atoms with Crippen molar-refractivity contribution in [2.75, 3.05) is 26.1 Å². The van der Waals surface area contributed by atoms with Gasteiger partial charge in [-0.15, -0.1) is 0 Å². The minimum Gasteiger partial charge on any atom is -0.497 e. The van der Waals surface area contributed by atoms with Crippen molar-refractivity contribution in [3.8, 4) is 5.75 Å². The first-order valence-electron chi connectivity index (χ1n) is 3.99. The average molecular weight is 179 g/mol. The lowest BCUT2D eigenvalue weighted by molar-refractivity contribution is 0.112. The number of methoxy groups -OCH3 is 1. The maximum atomic E-state index is 10.7. The van der Waals surface area contributed by atoms with Gasteiger partial charge in [0.15, 0.2) is 6.29 Å². The molecule has 1 aromatic carbocycles. The van der Waals surface area contributed by atoms with E-state index in [1.807, 2.05) is 31.1 Å². The molecule has 0 saturated heterocycles. The maximum Gasteiger partial charge on any atom is 0.152 e. The molecule has 0 bridgehead atoms. The number of rotatable bonds is 3. The lowest BCUT2D eigenvalue weighted by Gasteiger charge is -2.15. The predicted octanol–water partition coefficient (Wildman–Crippen LogP) is 1.57. The second-order valence-corrected chi connectivity index (χ2v) is 2.94. The largest absolute Gasteiger partial charge is 0.497 e. The molecule has 0 unspecified atom stereocenters. The average Bonchev–Trinajstić information content (AvgIpc) is 2.16. The number of hydrogen-bond acceptors (Lipinski definition) is 3. The summed E-state index contributed by atoms with van der Waals surface area (Å²) in [6, 6.07) is 5.42. The van der Waals surface area contributed by atoms with Crippen molar-refractivity contribution < 1.29 is 9.53 Å². The molecule has 0 atom stereocenters. The van der Waals surface area contributed by atoms with Crippen LogP contribution in [0, 0.1) is 0 Å². The summed E-state index contributed by atoms with van der Waals surface area (Å²) in [4.78, 5) is 12.6. The highest BCUT2D eigenvalue weighted by Gasteiger charge is 2.04. The molecule has 3 heteroatoms. The number of benzene rings is 1. The van der Waals surface area contributed by atoms with E-state index in [-0.39, 0.29) is 0 Å². The Labute approximate surface area is 77.9 Å². The fourth-order valence-electron chi connectivity index (χ4n) is 1.16. The number of aldehydes is 1. The monoisotopic (exact) mass is 179 g/mol. The Morgan fingerprint density at radius 1 is 1.38 bits per heavy atom. The standard InChI is InChI=1S/C10H13NO2/c1-11(2)10-5-4-9(13-3)6-8(10)7-12/h4-7H,1-3H3. The van der Waals surface area contributed by atoms with Gasteiger partial charge in [0.05, 0.1) is 7.11 Å². The van der Waals surface area contributed by atoms with Gasteiger partial charge in [-0.2, -0.15) is 0 Å². The molecule has 1 aromatic rings. The number of carbonyl (C=O) groups is 1. The van der Waals surface area contributed by atoms with E-state index in [0.717, 1.165) is 12.0 Å². The van der Waals surface area contributed by atoms with Crippen molar-refractivity contribution in [2.45, 2.75) is 0 Å². The fourth-order valence-corrected chi connectivity index (χ4v) is 1.16. The van der Waals surface area contributed by atoms with Crippen LogP contribution in [0.5, 0.6) is 5.75 Å². The van der Waals surface area contributed by atoms with E-state index in [1.54, 1.807) is 13.2 Å². The van der Waals surface area contributed by atoms with E-state index in [2.05, 4.69) is 0 Å². The molecule has 3 nitrogen and oxygen atoms in total. The van der Waals surface area contributed by atoms with Crippen LogP contribution in [0.1, 0.15) is 10.4 Å². The summed E-state index contributed by atoms with van der Waals surface area (Å²) in [5.74, 6) is 0.702. The SMILES string of the molecule is COc1ccc(N(C)C)c(C=O)c1. The van der Waals surface area contributed by atoms with Gasteiger partial charge in [-0.05, 0) is 18.2 Å². The fraction of sp³-hybridized carbons (Fsp3) is 0.300. The smallest absolute Gasteiger partial charge is 0.152 e. The van der Waals surface area contributed by atoms with E-state index < -0.39 is 0 Å². The van der Waals surface area contributed by atoms with Gasteiger partial charge in [-0.3, -0.25) is 4.79 Å². The van der Waals surface area contributed by atoms with Gasteiger partial charge >= 0.3 is 0 Å². The normalized spacial score (nSPS) is 9.46. The Bertz CT molecular complexity index is 308. The van der Waals surface area contributed by atoms with Crippen molar-refractivity contribution >= 4 is 12.0 Å². The van der Waals surface area contributed by atoms with E-state index >= 15 is 0 Å². The van der Waals surface area contributed by atoms with E-state index in [4.69, 9.17) is 4.74 Å². The summed E-state index contributed by atoms with van der Waals surface area (Å²) in [6.45, 7) is 0. The first-order chi connectivity index (χ1) is 6.19. The molecule has 0 aliphatic carbocycles. The van der Waals surface area contributed by atoms with Crippen LogP contribution in [0.15, 0.2) is 18.2 Å². The minimum atomic E-state index is 0.643. The first-order valence-corrected chi connectivity index (χ1v) is 3.99. The van der Waals surface area contributed by atoms with E-state index in [0.29, 0.717) is 11.3 Å². The topological polar surface area (TPSA) is 29.5 Å². The van der Waals surface area contributed by atoms with Gasteiger partial charge in [-0.25, -0.2) is 0 Å². The van der Waals surface area contributed by atoms with Crippen LogP contribution < -0.4 is 9.64 Å². The second kappa shape index (κ2) is 3.94. The quantitative estimate of drug-likeness (QED) is 0.660. The second-order valence-electron chi connectivity index (χ2n) is 2.94. The molecule has 0 aliphatic rings. The number of anilines is 1. The van der Waals surface area contributed by atoms with Crippen LogP contribution in [0.4, 0.5) is 5.69 Å². The zero-order valence-electron chi connectivity index (χ0n) is 8.07. The molecule has 1 rings (SSSR count). The number of nitrogens with zero attached hydrogens (tertiary/aromatic N) is 1. The summed E-state index contributed by atoms with van der Waals surface area (Å²) in [7, 11) is 5.38.